The minimum atomic E-state index is -0.0593. The molecule has 39 heavy (non-hydrogen) atoms. The van der Waals surface area contributed by atoms with Gasteiger partial charge in [-0.05, 0) is 75.1 Å². The number of para-hydroxylation sites is 1. The summed E-state index contributed by atoms with van der Waals surface area (Å²) in [6.45, 7) is 3.87. The van der Waals surface area contributed by atoms with Gasteiger partial charge in [0.25, 0.3) is 0 Å². The number of phenolic OH excluding ortho intramolecular Hbond substituents is 1. The summed E-state index contributed by atoms with van der Waals surface area (Å²) in [5.74, 6) is 1.68. The van der Waals surface area contributed by atoms with Crippen LogP contribution in [0.2, 0.25) is 0 Å². The fraction of sp³-hybridized carbons (Fsp3) is 0.483. The van der Waals surface area contributed by atoms with Crippen LogP contribution in [0.4, 0.5) is 17.5 Å². The normalized spacial score (nSPS) is 24.5. The van der Waals surface area contributed by atoms with Gasteiger partial charge in [0.1, 0.15) is 5.75 Å². The number of carbonyl (C=O) groups is 1. The zero-order chi connectivity index (χ0) is 26.9. The van der Waals surface area contributed by atoms with Gasteiger partial charge in [0.15, 0.2) is 5.82 Å². The van der Waals surface area contributed by atoms with Gasteiger partial charge in [0.05, 0.1) is 23.9 Å². The summed E-state index contributed by atoms with van der Waals surface area (Å²) in [5, 5.41) is 18.7. The summed E-state index contributed by atoms with van der Waals surface area (Å²) in [6, 6.07) is 9.60. The minimum absolute atomic E-state index is 0.0207. The number of nitrogen functional groups attached to an aromatic ring is 1. The number of fused-ring (bicyclic) bond motifs is 2. The molecular weight excluding hydrogens is 494 g/mol. The summed E-state index contributed by atoms with van der Waals surface area (Å²) in [5.41, 5.74) is 9.51. The molecule has 3 aromatic rings. The first kappa shape index (κ1) is 25.3. The number of aromatic hydroxyl groups is 1. The average Bonchev–Trinajstić information content (AvgIpc) is 3.23. The van der Waals surface area contributed by atoms with E-state index in [9.17, 15) is 9.90 Å². The van der Waals surface area contributed by atoms with Crippen molar-refractivity contribution in [2.45, 2.75) is 63.5 Å². The average molecular weight is 530 g/mol. The Labute approximate surface area is 228 Å². The molecule has 0 unspecified atom stereocenters. The number of aromatic nitrogens is 4. The van der Waals surface area contributed by atoms with E-state index < -0.39 is 0 Å². The number of hydrogen-bond acceptors (Lipinski definition) is 10. The molecule has 2 saturated heterocycles. The monoisotopic (exact) mass is 529 g/mol. The molecule has 4 heterocycles. The molecule has 1 aliphatic carbocycles. The molecule has 1 aromatic carbocycles. The molecule has 2 aliphatic heterocycles. The van der Waals surface area contributed by atoms with E-state index in [2.05, 4.69) is 20.0 Å². The van der Waals surface area contributed by atoms with Crippen LogP contribution < -0.4 is 15.5 Å². The van der Waals surface area contributed by atoms with Crippen molar-refractivity contribution in [1.29, 1.82) is 0 Å². The summed E-state index contributed by atoms with van der Waals surface area (Å²) < 4.78 is 5.21. The zero-order valence-electron chi connectivity index (χ0n) is 22.2. The lowest BCUT2D eigenvalue weighted by molar-refractivity contribution is -0.149. The highest BCUT2D eigenvalue weighted by atomic mass is 16.5. The first-order valence-corrected chi connectivity index (χ1v) is 13.9. The van der Waals surface area contributed by atoms with Crippen molar-refractivity contribution in [2.75, 3.05) is 35.2 Å². The molecule has 10 heteroatoms. The van der Waals surface area contributed by atoms with Crippen LogP contribution in [0, 0.1) is 5.92 Å². The number of piperazine rings is 1. The van der Waals surface area contributed by atoms with Crippen molar-refractivity contribution in [3.05, 3.63) is 48.3 Å². The fourth-order valence-corrected chi connectivity index (χ4v) is 6.49. The number of carbonyl (C=O) groups excluding carboxylic acids is 1. The molecule has 3 aliphatic rings. The quantitative estimate of drug-likeness (QED) is 0.453. The van der Waals surface area contributed by atoms with Crippen molar-refractivity contribution in [3.63, 3.8) is 0 Å². The summed E-state index contributed by atoms with van der Waals surface area (Å²) in [7, 11) is 0. The largest absolute Gasteiger partial charge is 0.507 e. The predicted octanol–water partition coefficient (Wildman–Crippen LogP) is 3.92. The molecule has 204 valence electrons. The van der Waals surface area contributed by atoms with Crippen LogP contribution in [0.1, 0.15) is 56.9 Å². The molecule has 3 N–H and O–H groups in total. The van der Waals surface area contributed by atoms with E-state index in [1.54, 1.807) is 12.1 Å². The number of rotatable bonds is 6. The standard InChI is InChI=1S/C29H35N7O3/c1-2-39-28(38)19-9-7-18(8-10-19)20-14-31-29(32-15-20)36-21-11-12-22(36)17-35(16-21)25-13-24(33-34-27(25)30)23-5-3-4-6-26(23)37/h3-6,13-15,18-19,21-22,37H,2,7-12,16-17H2,1H3,(H2,30,34)/t18?,19?,21-,22-/m1/s1. The second-order valence-corrected chi connectivity index (χ2v) is 10.8. The maximum atomic E-state index is 12.1. The van der Waals surface area contributed by atoms with Crippen LogP contribution in [-0.2, 0) is 9.53 Å². The molecule has 2 atom stereocenters. The van der Waals surface area contributed by atoms with Gasteiger partial charge in [-0.2, -0.15) is 0 Å². The molecule has 2 bridgehead atoms. The Kier molecular flexibility index (Phi) is 6.93. The summed E-state index contributed by atoms with van der Waals surface area (Å²) in [6.07, 6.45) is 9.72. The van der Waals surface area contributed by atoms with Crippen molar-refractivity contribution in [1.82, 2.24) is 20.2 Å². The highest BCUT2D eigenvalue weighted by Crippen LogP contribution is 2.39. The second kappa shape index (κ2) is 10.7. The minimum Gasteiger partial charge on any atom is -0.507 e. The highest BCUT2D eigenvalue weighted by molar-refractivity contribution is 5.74. The Balaban J connectivity index is 1.14. The zero-order valence-corrected chi connectivity index (χ0v) is 22.2. The number of hydrogen-bond donors (Lipinski definition) is 2. The van der Waals surface area contributed by atoms with E-state index in [1.807, 2.05) is 37.5 Å². The molecule has 3 fully saturated rings. The third kappa shape index (κ3) is 4.95. The van der Waals surface area contributed by atoms with E-state index in [0.717, 1.165) is 68.8 Å². The molecule has 10 nitrogen and oxygen atoms in total. The van der Waals surface area contributed by atoms with Gasteiger partial charge < -0.3 is 25.4 Å². The number of ether oxygens (including phenoxy) is 1. The molecule has 1 saturated carbocycles. The molecule has 6 rings (SSSR count). The van der Waals surface area contributed by atoms with Gasteiger partial charge in [-0.3, -0.25) is 4.79 Å². The van der Waals surface area contributed by atoms with Crippen molar-refractivity contribution < 1.29 is 14.6 Å². The third-order valence-corrected chi connectivity index (χ3v) is 8.51. The topological polar surface area (TPSA) is 131 Å². The summed E-state index contributed by atoms with van der Waals surface area (Å²) >= 11 is 0. The number of benzene rings is 1. The fourth-order valence-electron chi connectivity index (χ4n) is 6.49. The van der Waals surface area contributed by atoms with Crippen LogP contribution in [-0.4, -0.2) is 63.0 Å². The van der Waals surface area contributed by atoms with Gasteiger partial charge in [0.2, 0.25) is 5.95 Å². The maximum absolute atomic E-state index is 12.1. The van der Waals surface area contributed by atoms with Gasteiger partial charge in [-0.1, -0.05) is 12.1 Å². The molecule has 0 amide bonds. The molecular formula is C29H35N7O3. The number of anilines is 3. The summed E-state index contributed by atoms with van der Waals surface area (Å²) in [4.78, 5) is 26.3. The van der Waals surface area contributed by atoms with Gasteiger partial charge in [-0.15, -0.1) is 10.2 Å². The van der Waals surface area contributed by atoms with Gasteiger partial charge in [-0.25, -0.2) is 9.97 Å². The lowest BCUT2D eigenvalue weighted by Gasteiger charge is -2.42. The first-order chi connectivity index (χ1) is 19.0. The number of nitrogens with two attached hydrogens (primary N) is 1. The van der Waals surface area contributed by atoms with Crippen LogP contribution in [0.5, 0.6) is 5.75 Å². The van der Waals surface area contributed by atoms with E-state index >= 15 is 0 Å². The SMILES string of the molecule is CCOC(=O)C1CCC(c2cnc(N3[C@@H]4CC[C@@H]3CN(c3cc(-c5ccccc5O)nnc3N)C4)nc2)CC1. The molecule has 0 spiro atoms. The Morgan fingerprint density at radius 3 is 2.38 bits per heavy atom. The maximum Gasteiger partial charge on any atom is 0.308 e. The smallest absolute Gasteiger partial charge is 0.308 e. The van der Waals surface area contributed by atoms with Crippen LogP contribution in [0.15, 0.2) is 42.7 Å². The van der Waals surface area contributed by atoms with Gasteiger partial charge >= 0.3 is 5.97 Å². The number of esters is 1. The van der Waals surface area contributed by atoms with Crippen LogP contribution in [0.3, 0.4) is 0 Å². The Morgan fingerprint density at radius 2 is 1.72 bits per heavy atom. The van der Waals surface area contributed by atoms with Crippen molar-refractivity contribution in [2.24, 2.45) is 5.92 Å². The van der Waals surface area contributed by atoms with E-state index in [-0.39, 0.29) is 29.7 Å². The third-order valence-electron chi connectivity index (χ3n) is 8.51. The van der Waals surface area contributed by atoms with Crippen LogP contribution >= 0.6 is 0 Å². The number of nitrogens with zero attached hydrogens (tertiary/aromatic N) is 6. The molecule has 2 aromatic heterocycles. The van der Waals surface area contributed by atoms with E-state index in [0.29, 0.717) is 29.6 Å². The molecule has 0 radical (unpaired) electrons. The number of phenols is 1. The Morgan fingerprint density at radius 1 is 1.03 bits per heavy atom. The predicted molar refractivity (Wildman–Crippen MR) is 148 cm³/mol. The van der Waals surface area contributed by atoms with Gasteiger partial charge in [0, 0.05) is 43.1 Å². The van der Waals surface area contributed by atoms with Crippen molar-refractivity contribution in [3.8, 4) is 17.0 Å². The van der Waals surface area contributed by atoms with Crippen LogP contribution in [0.25, 0.3) is 11.3 Å². The lowest BCUT2D eigenvalue weighted by atomic mass is 9.79. The van der Waals surface area contributed by atoms with E-state index in [4.69, 9.17) is 20.4 Å². The van der Waals surface area contributed by atoms with E-state index in [1.165, 1.54) is 0 Å². The second-order valence-electron chi connectivity index (χ2n) is 10.8. The van der Waals surface area contributed by atoms with Crippen molar-refractivity contribution >= 4 is 23.4 Å². The Hall–Kier alpha value is -3.95. The first-order valence-electron chi connectivity index (χ1n) is 13.9. The highest BCUT2D eigenvalue weighted by Gasteiger charge is 2.42. The Bertz CT molecular complexity index is 1310. The lowest BCUT2D eigenvalue weighted by Crippen LogP contribution is -2.54.